The molecule has 1 aromatic carbocycles. The first-order valence-corrected chi connectivity index (χ1v) is 12.4. The van der Waals surface area contributed by atoms with Crippen molar-refractivity contribution in [3.63, 3.8) is 0 Å². The molecule has 1 amide bonds. The first-order chi connectivity index (χ1) is 15.7. The maximum atomic E-state index is 13.3. The van der Waals surface area contributed by atoms with E-state index in [0.29, 0.717) is 38.0 Å². The van der Waals surface area contributed by atoms with E-state index in [2.05, 4.69) is 47.3 Å². The highest BCUT2D eigenvalue weighted by atomic mass is 16.5. The number of amides is 1. The average Bonchev–Trinajstić information content (AvgIpc) is 3.49. The summed E-state index contributed by atoms with van der Waals surface area (Å²) in [6.45, 7) is 6.51. The third-order valence-corrected chi connectivity index (χ3v) is 7.82. The van der Waals surface area contributed by atoms with Gasteiger partial charge in [-0.2, -0.15) is 5.10 Å². The number of hydrogen-bond acceptors (Lipinski definition) is 4. The number of ether oxygens (including phenoxy) is 1. The van der Waals surface area contributed by atoms with Crippen LogP contribution in [0, 0.1) is 0 Å². The second-order valence-electron chi connectivity index (χ2n) is 9.67. The van der Waals surface area contributed by atoms with Gasteiger partial charge in [-0.05, 0) is 44.6 Å². The van der Waals surface area contributed by atoms with Gasteiger partial charge in [-0.25, -0.2) is 0 Å². The minimum absolute atomic E-state index is 0.0777. The number of carbonyl (C=O) groups is 1. The summed E-state index contributed by atoms with van der Waals surface area (Å²) in [5.41, 5.74) is 4.84. The monoisotopic (exact) mass is 436 g/mol. The number of nitrogens with zero attached hydrogens (tertiary/aromatic N) is 3. The molecule has 1 atom stereocenters. The fourth-order valence-corrected chi connectivity index (χ4v) is 5.96. The highest BCUT2D eigenvalue weighted by molar-refractivity contribution is 5.94. The predicted molar refractivity (Wildman–Crippen MR) is 125 cm³/mol. The second kappa shape index (κ2) is 9.36. The summed E-state index contributed by atoms with van der Waals surface area (Å²) in [5.74, 6) is 0.0777. The van der Waals surface area contributed by atoms with E-state index in [9.17, 15) is 4.79 Å². The number of fused-ring (bicyclic) bond motifs is 1. The molecule has 1 aromatic heterocycles. The second-order valence-corrected chi connectivity index (χ2v) is 9.67. The maximum Gasteiger partial charge on any atom is 0.274 e. The van der Waals surface area contributed by atoms with Gasteiger partial charge >= 0.3 is 0 Å². The van der Waals surface area contributed by atoms with Gasteiger partial charge in [0, 0.05) is 48.9 Å². The molecule has 32 heavy (non-hydrogen) atoms. The number of hydrogen-bond donors (Lipinski definition) is 1. The summed E-state index contributed by atoms with van der Waals surface area (Å²) in [4.78, 5) is 15.2. The quantitative estimate of drug-likeness (QED) is 0.755. The summed E-state index contributed by atoms with van der Waals surface area (Å²) in [6, 6.07) is 11.5. The Morgan fingerprint density at radius 1 is 1.19 bits per heavy atom. The van der Waals surface area contributed by atoms with Crippen LogP contribution in [0.5, 0.6) is 0 Å². The summed E-state index contributed by atoms with van der Waals surface area (Å²) in [5, 5.41) is 8.71. The van der Waals surface area contributed by atoms with Crippen molar-refractivity contribution in [2.75, 3.05) is 32.8 Å². The first-order valence-electron chi connectivity index (χ1n) is 12.4. The molecule has 0 spiro atoms. The predicted octanol–water partition coefficient (Wildman–Crippen LogP) is 3.33. The van der Waals surface area contributed by atoms with Crippen molar-refractivity contribution in [2.45, 2.75) is 69.9 Å². The van der Waals surface area contributed by atoms with E-state index in [0.717, 1.165) is 32.4 Å². The molecule has 2 fully saturated rings. The van der Waals surface area contributed by atoms with Gasteiger partial charge in [0.15, 0.2) is 5.69 Å². The van der Waals surface area contributed by atoms with Gasteiger partial charge in [-0.15, -0.1) is 0 Å². The maximum absolute atomic E-state index is 13.3. The fraction of sp³-hybridized carbons (Fsp3) is 0.615. The standard InChI is InChI=1S/C26H36N4O2/c1-2-30-23-11-10-21(18-22(23)24(28-30)25(31)29-14-16-32-17-15-29)27-19-26(12-6-7-13-26)20-8-4-3-5-9-20/h3-5,8-9,21,27H,2,6-7,10-19H2,1H3/t21-/m0/s1. The van der Waals surface area contributed by atoms with Crippen molar-refractivity contribution in [2.24, 2.45) is 0 Å². The van der Waals surface area contributed by atoms with Crippen LogP contribution < -0.4 is 5.32 Å². The Morgan fingerprint density at radius 2 is 1.94 bits per heavy atom. The van der Waals surface area contributed by atoms with Crippen molar-refractivity contribution in [1.29, 1.82) is 0 Å². The minimum atomic E-state index is 0.0777. The van der Waals surface area contributed by atoms with Crippen LogP contribution in [-0.2, 0) is 29.5 Å². The molecule has 1 saturated heterocycles. The number of nitrogens with one attached hydrogen (secondary N) is 1. The normalized spacial score (nSPS) is 22.7. The van der Waals surface area contributed by atoms with E-state index in [-0.39, 0.29) is 11.3 Å². The highest BCUT2D eigenvalue weighted by Gasteiger charge is 2.37. The topological polar surface area (TPSA) is 59.4 Å². The Balaban J connectivity index is 1.33. The molecule has 2 aromatic rings. The molecule has 0 unspecified atom stereocenters. The lowest BCUT2D eigenvalue weighted by molar-refractivity contribution is 0.0297. The lowest BCUT2D eigenvalue weighted by atomic mass is 9.78. The van der Waals surface area contributed by atoms with Crippen LogP contribution in [0.3, 0.4) is 0 Å². The number of aromatic nitrogens is 2. The lowest BCUT2D eigenvalue weighted by Gasteiger charge is -2.34. The van der Waals surface area contributed by atoms with Crippen molar-refractivity contribution >= 4 is 5.91 Å². The zero-order chi connectivity index (χ0) is 22.0. The van der Waals surface area contributed by atoms with Crippen LogP contribution in [0.4, 0.5) is 0 Å². The van der Waals surface area contributed by atoms with Gasteiger partial charge in [0.25, 0.3) is 5.91 Å². The molecule has 3 aliphatic rings. The van der Waals surface area contributed by atoms with Gasteiger partial charge in [0.1, 0.15) is 0 Å². The summed E-state index contributed by atoms with van der Waals surface area (Å²) >= 11 is 0. The number of carbonyl (C=O) groups excluding carboxylic acids is 1. The Labute approximate surface area is 191 Å². The van der Waals surface area contributed by atoms with Crippen molar-refractivity contribution in [3.8, 4) is 0 Å². The molecular formula is C26H36N4O2. The van der Waals surface area contributed by atoms with Crippen LogP contribution in [-0.4, -0.2) is 59.5 Å². The Bertz CT molecular complexity index is 927. The summed E-state index contributed by atoms with van der Waals surface area (Å²) < 4.78 is 7.50. The molecule has 6 nitrogen and oxygen atoms in total. The lowest BCUT2D eigenvalue weighted by Crippen LogP contribution is -2.44. The van der Waals surface area contributed by atoms with Crippen molar-refractivity contribution in [1.82, 2.24) is 20.0 Å². The molecule has 1 N–H and O–H groups in total. The van der Waals surface area contributed by atoms with E-state index >= 15 is 0 Å². The molecule has 2 aliphatic carbocycles. The molecule has 5 rings (SSSR count). The Morgan fingerprint density at radius 3 is 2.66 bits per heavy atom. The smallest absolute Gasteiger partial charge is 0.274 e. The van der Waals surface area contributed by atoms with Gasteiger partial charge in [0.05, 0.1) is 13.2 Å². The molecular weight excluding hydrogens is 400 g/mol. The van der Waals surface area contributed by atoms with Gasteiger partial charge in [-0.3, -0.25) is 9.48 Å². The molecule has 0 radical (unpaired) electrons. The van der Waals surface area contributed by atoms with Gasteiger partial charge in [0.2, 0.25) is 0 Å². The van der Waals surface area contributed by atoms with Crippen LogP contribution in [0.25, 0.3) is 0 Å². The van der Waals surface area contributed by atoms with Crippen LogP contribution in [0.15, 0.2) is 30.3 Å². The van der Waals surface area contributed by atoms with Crippen molar-refractivity contribution in [3.05, 3.63) is 52.8 Å². The Hall–Kier alpha value is -2.18. The number of rotatable bonds is 6. The Kier molecular flexibility index (Phi) is 6.33. The molecule has 1 aliphatic heterocycles. The minimum Gasteiger partial charge on any atom is -0.378 e. The summed E-state index contributed by atoms with van der Waals surface area (Å²) in [6.07, 6.45) is 8.13. The van der Waals surface area contributed by atoms with E-state index in [4.69, 9.17) is 9.84 Å². The molecule has 2 heterocycles. The molecule has 0 bridgehead atoms. The van der Waals surface area contributed by atoms with E-state index in [1.54, 1.807) is 0 Å². The number of benzene rings is 1. The number of morpholine rings is 1. The fourth-order valence-electron chi connectivity index (χ4n) is 5.96. The van der Waals surface area contributed by atoms with Crippen LogP contribution in [0.2, 0.25) is 0 Å². The summed E-state index contributed by atoms with van der Waals surface area (Å²) in [7, 11) is 0. The first kappa shape index (κ1) is 21.7. The molecule has 1 saturated carbocycles. The zero-order valence-corrected chi connectivity index (χ0v) is 19.3. The third-order valence-electron chi connectivity index (χ3n) is 7.82. The molecule has 6 heteroatoms. The third kappa shape index (κ3) is 4.11. The van der Waals surface area contributed by atoms with Crippen LogP contribution in [0.1, 0.15) is 66.3 Å². The van der Waals surface area contributed by atoms with E-state index in [1.165, 1.54) is 42.5 Å². The molecule has 172 valence electrons. The SMILES string of the molecule is CCn1nc(C(=O)N2CCOCC2)c2c1CC[C@H](NCC1(c3ccccc3)CCCC1)C2. The van der Waals surface area contributed by atoms with E-state index in [1.807, 2.05) is 4.90 Å². The zero-order valence-electron chi connectivity index (χ0n) is 19.3. The number of aryl methyl sites for hydroxylation is 1. The van der Waals surface area contributed by atoms with Gasteiger partial charge < -0.3 is 15.0 Å². The van der Waals surface area contributed by atoms with Crippen molar-refractivity contribution < 1.29 is 9.53 Å². The van der Waals surface area contributed by atoms with Gasteiger partial charge in [-0.1, -0.05) is 43.2 Å². The van der Waals surface area contributed by atoms with Crippen LogP contribution >= 0.6 is 0 Å². The average molecular weight is 437 g/mol. The highest BCUT2D eigenvalue weighted by Crippen LogP contribution is 2.41. The largest absolute Gasteiger partial charge is 0.378 e. The van der Waals surface area contributed by atoms with E-state index < -0.39 is 0 Å².